The number of benzene rings is 1. The first-order chi connectivity index (χ1) is 11.3. The molecule has 8 heteroatoms. The van der Waals surface area contributed by atoms with Crippen molar-refractivity contribution in [3.05, 3.63) is 29.8 Å². The van der Waals surface area contributed by atoms with Gasteiger partial charge in [0.15, 0.2) is 12.7 Å². The summed E-state index contributed by atoms with van der Waals surface area (Å²) in [5, 5.41) is 9.08. The topological polar surface area (TPSA) is 53.0 Å². The van der Waals surface area contributed by atoms with Crippen molar-refractivity contribution in [2.24, 2.45) is 0 Å². The summed E-state index contributed by atoms with van der Waals surface area (Å²) in [4.78, 5) is 15.2. The maximum atomic E-state index is 12.3. The molecule has 1 aliphatic heterocycles. The van der Waals surface area contributed by atoms with E-state index in [0.29, 0.717) is 31.9 Å². The number of ether oxygens (including phenoxy) is 1. The van der Waals surface area contributed by atoms with Crippen molar-refractivity contribution in [2.75, 3.05) is 39.3 Å². The number of aliphatic hydroxyl groups is 1. The molecule has 1 aliphatic rings. The summed E-state index contributed by atoms with van der Waals surface area (Å²) in [5.41, 5.74) is 0.927. The van der Waals surface area contributed by atoms with Crippen LogP contribution in [0.1, 0.15) is 5.56 Å². The van der Waals surface area contributed by atoms with Gasteiger partial charge in [-0.15, -0.1) is 0 Å². The number of carbonyl (C=O) groups is 1. The molecule has 1 heterocycles. The largest absolute Gasteiger partial charge is 0.484 e. The lowest BCUT2D eigenvalue weighted by Gasteiger charge is -2.35. The molecule has 1 fully saturated rings. The lowest BCUT2D eigenvalue weighted by molar-refractivity contribution is -0.209. The lowest BCUT2D eigenvalue weighted by atomic mass is 10.2. The highest BCUT2D eigenvalue weighted by Crippen LogP contribution is 2.21. The predicted molar refractivity (Wildman–Crippen MR) is 81.8 cm³/mol. The minimum absolute atomic E-state index is 0.101. The number of hydrogen-bond donors (Lipinski definition) is 1. The Hall–Kier alpha value is -1.80. The molecule has 1 N–H and O–H groups in total. The molecule has 1 atom stereocenters. The highest BCUT2D eigenvalue weighted by atomic mass is 19.4. The highest BCUT2D eigenvalue weighted by molar-refractivity contribution is 5.78. The van der Waals surface area contributed by atoms with Gasteiger partial charge < -0.3 is 14.7 Å². The number of rotatable bonds is 5. The number of hydrogen-bond acceptors (Lipinski definition) is 4. The first-order valence-corrected chi connectivity index (χ1v) is 7.70. The highest BCUT2D eigenvalue weighted by Gasteiger charge is 2.39. The summed E-state index contributed by atoms with van der Waals surface area (Å²) in [6.45, 7) is 2.54. The van der Waals surface area contributed by atoms with E-state index in [4.69, 9.17) is 9.84 Å². The summed E-state index contributed by atoms with van der Waals surface area (Å²) in [6, 6.07) is 7.35. The van der Waals surface area contributed by atoms with Gasteiger partial charge in [0.2, 0.25) is 0 Å². The minimum atomic E-state index is -4.62. The van der Waals surface area contributed by atoms with Gasteiger partial charge in [-0.05, 0) is 18.6 Å². The summed E-state index contributed by atoms with van der Waals surface area (Å²) < 4.78 is 42.5. The van der Waals surface area contributed by atoms with Gasteiger partial charge in [-0.3, -0.25) is 9.69 Å². The predicted octanol–water partition coefficient (Wildman–Crippen LogP) is 1.44. The van der Waals surface area contributed by atoms with Gasteiger partial charge in [0.1, 0.15) is 5.75 Å². The number of amides is 1. The zero-order valence-electron chi connectivity index (χ0n) is 13.4. The van der Waals surface area contributed by atoms with E-state index in [2.05, 4.69) is 0 Å². The fourth-order valence-corrected chi connectivity index (χ4v) is 2.48. The molecule has 0 spiro atoms. The van der Waals surface area contributed by atoms with E-state index in [1.165, 1.54) is 4.90 Å². The summed E-state index contributed by atoms with van der Waals surface area (Å²) in [6.07, 6.45) is -6.97. The third-order valence-corrected chi connectivity index (χ3v) is 3.98. The van der Waals surface area contributed by atoms with Gasteiger partial charge in [-0.25, -0.2) is 0 Å². The third-order valence-electron chi connectivity index (χ3n) is 3.98. The van der Waals surface area contributed by atoms with Crippen LogP contribution >= 0.6 is 0 Å². The van der Waals surface area contributed by atoms with Crippen LogP contribution in [0.3, 0.4) is 0 Å². The maximum absolute atomic E-state index is 12.3. The molecule has 1 saturated heterocycles. The Bertz CT molecular complexity index is 558. The number of aryl methyl sites for hydroxylation is 1. The lowest BCUT2D eigenvalue weighted by Crippen LogP contribution is -2.52. The van der Waals surface area contributed by atoms with Crippen LogP contribution in [0, 0.1) is 6.92 Å². The Morgan fingerprint density at radius 2 is 1.88 bits per heavy atom. The number of nitrogens with zero attached hydrogens (tertiary/aromatic N) is 2. The molecule has 1 aromatic rings. The molecule has 0 aliphatic carbocycles. The molecule has 0 bridgehead atoms. The van der Waals surface area contributed by atoms with Crippen molar-refractivity contribution in [1.29, 1.82) is 0 Å². The number of aliphatic hydroxyl groups excluding tert-OH is 1. The Morgan fingerprint density at radius 3 is 2.46 bits per heavy atom. The van der Waals surface area contributed by atoms with Gasteiger partial charge >= 0.3 is 6.18 Å². The van der Waals surface area contributed by atoms with E-state index < -0.39 is 18.8 Å². The fraction of sp³-hybridized carbons (Fsp3) is 0.562. The molecule has 1 amide bonds. The van der Waals surface area contributed by atoms with Gasteiger partial charge in [-0.2, -0.15) is 13.2 Å². The van der Waals surface area contributed by atoms with Crippen LogP contribution in [0.5, 0.6) is 5.75 Å². The molecule has 0 aromatic heterocycles. The minimum Gasteiger partial charge on any atom is -0.484 e. The van der Waals surface area contributed by atoms with E-state index >= 15 is 0 Å². The first-order valence-electron chi connectivity index (χ1n) is 7.70. The van der Waals surface area contributed by atoms with Crippen LogP contribution in [-0.2, 0) is 4.79 Å². The Balaban J connectivity index is 1.76. The molecule has 5 nitrogen and oxygen atoms in total. The number of alkyl halides is 3. The molecular formula is C16H21F3N2O3. The van der Waals surface area contributed by atoms with Crippen molar-refractivity contribution >= 4 is 5.91 Å². The van der Waals surface area contributed by atoms with E-state index in [0.717, 1.165) is 5.56 Å². The maximum Gasteiger partial charge on any atom is 0.415 e. The number of halogens is 3. The zero-order valence-corrected chi connectivity index (χ0v) is 13.4. The smallest absolute Gasteiger partial charge is 0.415 e. The van der Waals surface area contributed by atoms with Crippen LogP contribution in [0.25, 0.3) is 0 Å². The quantitative estimate of drug-likeness (QED) is 0.877. The number of carbonyl (C=O) groups excluding carboxylic acids is 1. The molecular weight excluding hydrogens is 325 g/mol. The van der Waals surface area contributed by atoms with Gasteiger partial charge in [0.25, 0.3) is 5.91 Å². The van der Waals surface area contributed by atoms with Gasteiger partial charge in [0, 0.05) is 32.7 Å². The Kier molecular flexibility index (Phi) is 6.06. The average Bonchev–Trinajstić information content (AvgIpc) is 2.53. The van der Waals surface area contributed by atoms with Crippen molar-refractivity contribution in [3.8, 4) is 5.75 Å². The van der Waals surface area contributed by atoms with Crippen LogP contribution < -0.4 is 4.74 Å². The van der Waals surface area contributed by atoms with Crippen molar-refractivity contribution < 1.29 is 27.8 Å². The van der Waals surface area contributed by atoms with Gasteiger partial charge in [-0.1, -0.05) is 18.2 Å². The van der Waals surface area contributed by atoms with Crippen molar-refractivity contribution in [3.63, 3.8) is 0 Å². The van der Waals surface area contributed by atoms with Crippen molar-refractivity contribution in [2.45, 2.75) is 19.2 Å². The van der Waals surface area contributed by atoms with Crippen molar-refractivity contribution in [1.82, 2.24) is 9.80 Å². The number of β-amino-alcohol motifs (C(OH)–C–C–N with tert-alkyl or cyclic N) is 1. The molecule has 0 unspecified atom stereocenters. The summed E-state index contributed by atoms with van der Waals surface area (Å²) >= 11 is 0. The molecule has 24 heavy (non-hydrogen) atoms. The second-order valence-corrected chi connectivity index (χ2v) is 5.79. The third kappa shape index (κ3) is 5.10. The van der Waals surface area contributed by atoms with E-state index in [-0.39, 0.29) is 12.5 Å². The second-order valence-electron chi connectivity index (χ2n) is 5.79. The van der Waals surface area contributed by atoms with Crippen LogP contribution in [-0.4, -0.2) is 72.4 Å². The average molecular weight is 346 g/mol. The normalized spacial score (nSPS) is 17.6. The summed E-state index contributed by atoms with van der Waals surface area (Å²) in [7, 11) is 0. The molecule has 134 valence electrons. The van der Waals surface area contributed by atoms with E-state index in [9.17, 15) is 18.0 Å². The number of piperazine rings is 1. The van der Waals surface area contributed by atoms with E-state index in [1.54, 1.807) is 11.0 Å². The van der Waals surface area contributed by atoms with Crippen LogP contribution in [0.4, 0.5) is 13.2 Å². The standard InChI is InChI=1S/C16H21F3N2O3/c1-12-4-2-3-5-13(12)24-11-15(23)21-8-6-20(7-9-21)10-14(22)16(17,18)19/h2-5,14,22H,6-11H2,1H3/t14-/m0/s1. The molecule has 0 saturated carbocycles. The Labute approximate surface area is 138 Å². The van der Waals surface area contributed by atoms with E-state index in [1.807, 2.05) is 25.1 Å². The van der Waals surface area contributed by atoms with Crippen LogP contribution in [0.2, 0.25) is 0 Å². The monoisotopic (exact) mass is 346 g/mol. The molecule has 1 aromatic carbocycles. The van der Waals surface area contributed by atoms with Gasteiger partial charge in [0.05, 0.1) is 0 Å². The fourth-order valence-electron chi connectivity index (χ4n) is 2.48. The Morgan fingerprint density at radius 1 is 1.25 bits per heavy atom. The first kappa shape index (κ1) is 18.5. The molecule has 2 rings (SSSR count). The number of para-hydroxylation sites is 1. The molecule has 0 radical (unpaired) electrons. The zero-order chi connectivity index (χ0) is 17.7. The SMILES string of the molecule is Cc1ccccc1OCC(=O)N1CCN(C[C@H](O)C(F)(F)F)CC1. The van der Waals surface area contributed by atoms with Crippen LogP contribution in [0.15, 0.2) is 24.3 Å². The second kappa shape index (κ2) is 7.85. The summed E-state index contributed by atoms with van der Waals surface area (Å²) in [5.74, 6) is 0.437.